The van der Waals surface area contributed by atoms with Crippen LogP contribution in [0.15, 0.2) is 30.6 Å². The molecule has 156 valence electrons. The summed E-state index contributed by atoms with van der Waals surface area (Å²) in [5.41, 5.74) is 4.64. The third-order valence-electron chi connectivity index (χ3n) is 5.70. The number of benzene rings is 1. The Labute approximate surface area is 172 Å². The Kier molecular flexibility index (Phi) is 6.28. The van der Waals surface area contributed by atoms with E-state index in [1.165, 1.54) is 16.7 Å². The SMILES string of the molecule is CN(C)Cc1ccc2c(c1)CCN(C(=O)c1cnn(CCN3CCOCC3)c1)C2. The van der Waals surface area contributed by atoms with E-state index in [2.05, 4.69) is 47.2 Å². The monoisotopic (exact) mass is 397 g/mol. The van der Waals surface area contributed by atoms with E-state index < -0.39 is 0 Å². The van der Waals surface area contributed by atoms with E-state index in [-0.39, 0.29) is 5.91 Å². The van der Waals surface area contributed by atoms with Gasteiger partial charge in [-0.2, -0.15) is 5.10 Å². The smallest absolute Gasteiger partial charge is 0.257 e. The van der Waals surface area contributed by atoms with E-state index in [0.29, 0.717) is 12.1 Å². The lowest BCUT2D eigenvalue weighted by Crippen LogP contribution is -2.38. The minimum absolute atomic E-state index is 0.0747. The van der Waals surface area contributed by atoms with Crippen molar-refractivity contribution in [2.45, 2.75) is 26.1 Å². The number of amides is 1. The van der Waals surface area contributed by atoms with Crippen LogP contribution in [0.3, 0.4) is 0 Å². The average Bonchev–Trinajstić information content (AvgIpc) is 3.21. The molecular weight excluding hydrogens is 366 g/mol. The molecule has 0 spiro atoms. The Balaban J connectivity index is 1.35. The van der Waals surface area contributed by atoms with Gasteiger partial charge in [0.15, 0.2) is 0 Å². The van der Waals surface area contributed by atoms with Gasteiger partial charge in [0.1, 0.15) is 0 Å². The number of hydrogen-bond acceptors (Lipinski definition) is 5. The molecule has 7 heteroatoms. The first kappa shape index (κ1) is 20.1. The predicted octanol–water partition coefficient (Wildman–Crippen LogP) is 1.48. The van der Waals surface area contributed by atoms with Crippen molar-refractivity contribution in [2.24, 2.45) is 0 Å². The number of fused-ring (bicyclic) bond motifs is 1. The van der Waals surface area contributed by atoms with Crippen molar-refractivity contribution < 1.29 is 9.53 Å². The van der Waals surface area contributed by atoms with Crippen LogP contribution in [0.4, 0.5) is 0 Å². The zero-order valence-corrected chi connectivity index (χ0v) is 17.5. The highest BCUT2D eigenvalue weighted by atomic mass is 16.5. The zero-order valence-electron chi connectivity index (χ0n) is 17.5. The third kappa shape index (κ3) is 5.04. The molecular formula is C22H31N5O2. The standard InChI is InChI=1S/C22H31N5O2/c1-24(2)15-18-3-4-20-16-26(6-5-19(20)13-18)22(28)21-14-23-27(17-21)8-7-25-9-11-29-12-10-25/h3-4,13-14,17H,5-12,15-16H2,1-2H3. The summed E-state index contributed by atoms with van der Waals surface area (Å²) < 4.78 is 7.27. The van der Waals surface area contributed by atoms with Gasteiger partial charge < -0.3 is 14.5 Å². The lowest BCUT2D eigenvalue weighted by Gasteiger charge is -2.29. The fraction of sp³-hybridized carbons (Fsp3) is 0.545. The van der Waals surface area contributed by atoms with Crippen molar-refractivity contribution in [3.63, 3.8) is 0 Å². The van der Waals surface area contributed by atoms with Gasteiger partial charge in [-0.1, -0.05) is 18.2 Å². The molecule has 2 aliphatic rings. The molecule has 0 unspecified atom stereocenters. The van der Waals surface area contributed by atoms with Gasteiger partial charge in [0.2, 0.25) is 0 Å². The first-order valence-corrected chi connectivity index (χ1v) is 10.5. The van der Waals surface area contributed by atoms with Crippen molar-refractivity contribution in [1.82, 2.24) is 24.5 Å². The molecule has 1 fully saturated rings. The Bertz CT molecular complexity index is 841. The van der Waals surface area contributed by atoms with E-state index in [9.17, 15) is 4.79 Å². The van der Waals surface area contributed by atoms with Crippen LogP contribution in [0.5, 0.6) is 0 Å². The second-order valence-corrected chi connectivity index (χ2v) is 8.26. The van der Waals surface area contributed by atoms with Crippen molar-refractivity contribution in [3.8, 4) is 0 Å². The van der Waals surface area contributed by atoms with Crippen LogP contribution in [-0.2, 0) is 30.8 Å². The summed E-state index contributed by atoms with van der Waals surface area (Å²) in [6.45, 7) is 7.65. The Hall–Kier alpha value is -2.22. The lowest BCUT2D eigenvalue weighted by molar-refractivity contribution is 0.0359. The molecule has 7 nitrogen and oxygen atoms in total. The fourth-order valence-electron chi connectivity index (χ4n) is 4.09. The molecule has 0 saturated carbocycles. The van der Waals surface area contributed by atoms with Crippen molar-refractivity contribution in [3.05, 3.63) is 52.8 Å². The number of carbonyl (C=O) groups excluding carboxylic acids is 1. The molecule has 1 amide bonds. The molecule has 0 aliphatic carbocycles. The largest absolute Gasteiger partial charge is 0.379 e. The topological polar surface area (TPSA) is 53.8 Å². The van der Waals surface area contributed by atoms with Crippen LogP contribution in [0, 0.1) is 0 Å². The average molecular weight is 398 g/mol. The van der Waals surface area contributed by atoms with E-state index >= 15 is 0 Å². The second kappa shape index (κ2) is 9.07. The van der Waals surface area contributed by atoms with Gasteiger partial charge in [-0.25, -0.2) is 0 Å². The summed E-state index contributed by atoms with van der Waals surface area (Å²) >= 11 is 0. The normalized spacial score (nSPS) is 17.6. The van der Waals surface area contributed by atoms with Crippen LogP contribution < -0.4 is 0 Å². The zero-order chi connectivity index (χ0) is 20.2. The highest BCUT2D eigenvalue weighted by Crippen LogP contribution is 2.22. The number of hydrogen-bond donors (Lipinski definition) is 0. The van der Waals surface area contributed by atoms with Gasteiger partial charge in [0.25, 0.3) is 5.91 Å². The number of morpholine rings is 1. The van der Waals surface area contributed by atoms with Gasteiger partial charge in [0.05, 0.1) is 31.5 Å². The third-order valence-corrected chi connectivity index (χ3v) is 5.70. The highest BCUT2D eigenvalue weighted by molar-refractivity contribution is 5.93. The molecule has 0 atom stereocenters. The molecule has 3 heterocycles. The van der Waals surface area contributed by atoms with Crippen LogP contribution in [0.25, 0.3) is 0 Å². The van der Waals surface area contributed by atoms with Crippen LogP contribution in [0.2, 0.25) is 0 Å². The Morgan fingerprint density at radius 2 is 1.97 bits per heavy atom. The van der Waals surface area contributed by atoms with Crippen LogP contribution in [-0.4, -0.2) is 83.9 Å². The molecule has 29 heavy (non-hydrogen) atoms. The Morgan fingerprint density at radius 1 is 1.14 bits per heavy atom. The summed E-state index contributed by atoms with van der Waals surface area (Å²) in [5.74, 6) is 0.0747. The van der Waals surface area contributed by atoms with Crippen LogP contribution in [0.1, 0.15) is 27.0 Å². The van der Waals surface area contributed by atoms with Crippen LogP contribution >= 0.6 is 0 Å². The van der Waals surface area contributed by atoms with Gasteiger partial charge in [-0.15, -0.1) is 0 Å². The summed E-state index contributed by atoms with van der Waals surface area (Å²) in [6, 6.07) is 6.65. The summed E-state index contributed by atoms with van der Waals surface area (Å²) in [7, 11) is 4.17. The minimum atomic E-state index is 0.0747. The minimum Gasteiger partial charge on any atom is -0.379 e. The molecule has 2 aromatic rings. The summed E-state index contributed by atoms with van der Waals surface area (Å²) in [5, 5.41) is 4.41. The first-order valence-electron chi connectivity index (χ1n) is 10.5. The molecule has 1 aromatic heterocycles. The molecule has 1 saturated heterocycles. The van der Waals surface area contributed by atoms with Gasteiger partial charge >= 0.3 is 0 Å². The second-order valence-electron chi connectivity index (χ2n) is 8.26. The maximum absolute atomic E-state index is 13.0. The highest BCUT2D eigenvalue weighted by Gasteiger charge is 2.23. The summed E-state index contributed by atoms with van der Waals surface area (Å²) in [6.07, 6.45) is 4.50. The molecule has 1 aromatic carbocycles. The maximum atomic E-state index is 13.0. The maximum Gasteiger partial charge on any atom is 0.257 e. The number of aromatic nitrogens is 2. The number of nitrogens with zero attached hydrogens (tertiary/aromatic N) is 5. The van der Waals surface area contributed by atoms with Crippen molar-refractivity contribution in [2.75, 3.05) is 53.5 Å². The molecule has 0 radical (unpaired) electrons. The van der Waals surface area contributed by atoms with E-state index in [1.54, 1.807) is 6.20 Å². The van der Waals surface area contributed by atoms with Gasteiger partial charge in [-0.05, 0) is 37.2 Å². The Morgan fingerprint density at radius 3 is 2.76 bits per heavy atom. The van der Waals surface area contributed by atoms with Gasteiger partial charge in [-0.3, -0.25) is 14.4 Å². The molecule has 4 rings (SSSR count). The van der Waals surface area contributed by atoms with E-state index in [1.807, 2.05) is 15.8 Å². The lowest BCUT2D eigenvalue weighted by atomic mass is 9.97. The number of ether oxygens (including phenoxy) is 1. The quantitative estimate of drug-likeness (QED) is 0.739. The van der Waals surface area contributed by atoms with E-state index in [4.69, 9.17) is 4.74 Å². The number of carbonyl (C=O) groups is 1. The van der Waals surface area contributed by atoms with Crippen molar-refractivity contribution >= 4 is 5.91 Å². The number of rotatable bonds is 6. The fourth-order valence-corrected chi connectivity index (χ4v) is 4.09. The summed E-state index contributed by atoms with van der Waals surface area (Å²) in [4.78, 5) is 19.5. The molecule has 0 N–H and O–H groups in total. The molecule has 0 bridgehead atoms. The molecule has 2 aliphatic heterocycles. The first-order chi connectivity index (χ1) is 14.1. The van der Waals surface area contributed by atoms with Crippen molar-refractivity contribution in [1.29, 1.82) is 0 Å². The van der Waals surface area contributed by atoms with Gasteiger partial charge in [0, 0.05) is 45.5 Å². The van der Waals surface area contributed by atoms with E-state index in [0.717, 1.165) is 58.9 Å². The predicted molar refractivity (Wildman–Crippen MR) is 112 cm³/mol.